The maximum Gasteiger partial charge on any atom is 0.339 e. The van der Waals surface area contributed by atoms with Crippen LogP contribution < -0.4 is 10.7 Å². The topological polar surface area (TPSA) is 110 Å². The minimum Gasteiger partial charge on any atom is -0.455 e. The van der Waals surface area contributed by atoms with Crippen LogP contribution in [0.15, 0.2) is 76.2 Å². The van der Waals surface area contributed by atoms with Crippen molar-refractivity contribution in [3.63, 3.8) is 0 Å². The number of carbonyl (C=O) groups is 1. The van der Waals surface area contributed by atoms with Crippen LogP contribution in [0.2, 0.25) is 0 Å². The second-order valence-electron chi connectivity index (χ2n) is 5.17. The van der Waals surface area contributed by atoms with E-state index in [2.05, 4.69) is 15.8 Å². The average molecular weight is 350 g/mol. The molecular formula is C18H14N4O4. The number of carbonyl (C=O) groups excluding carboxylic acids is 1. The van der Waals surface area contributed by atoms with Crippen molar-refractivity contribution < 1.29 is 14.1 Å². The number of amides is 2. The monoisotopic (exact) mass is 350 g/mol. The van der Waals surface area contributed by atoms with Crippen LogP contribution in [0, 0.1) is 10.1 Å². The fraction of sp³-hybridized carbons (Fsp3) is 0. The molecule has 1 heterocycles. The number of urea groups is 1. The summed E-state index contributed by atoms with van der Waals surface area (Å²) in [6.45, 7) is 0. The minimum atomic E-state index is -0.502. The molecule has 0 radical (unpaired) electrons. The molecule has 2 amide bonds. The molecule has 8 nitrogen and oxygen atoms in total. The first-order valence-electron chi connectivity index (χ1n) is 7.62. The zero-order chi connectivity index (χ0) is 18.4. The molecule has 0 saturated heterocycles. The van der Waals surface area contributed by atoms with Gasteiger partial charge in [-0.1, -0.05) is 30.3 Å². The Labute approximate surface area is 148 Å². The molecule has 0 aliphatic rings. The number of hydrogen-bond acceptors (Lipinski definition) is 5. The number of hydrogen-bond donors (Lipinski definition) is 2. The van der Waals surface area contributed by atoms with Gasteiger partial charge in [0.05, 0.1) is 16.7 Å². The lowest BCUT2D eigenvalue weighted by atomic mass is 10.1. The summed E-state index contributed by atoms with van der Waals surface area (Å²) >= 11 is 0. The number of nitrogens with one attached hydrogen (secondary N) is 2. The lowest BCUT2D eigenvalue weighted by Crippen LogP contribution is -2.24. The summed E-state index contributed by atoms with van der Waals surface area (Å²) in [7, 11) is 0. The highest BCUT2D eigenvalue weighted by Crippen LogP contribution is 2.30. The smallest absolute Gasteiger partial charge is 0.339 e. The highest BCUT2D eigenvalue weighted by atomic mass is 16.6. The number of furan rings is 1. The Hall–Kier alpha value is -3.94. The van der Waals surface area contributed by atoms with E-state index < -0.39 is 11.0 Å². The molecule has 0 fully saturated rings. The summed E-state index contributed by atoms with van der Waals surface area (Å²) < 4.78 is 5.54. The van der Waals surface area contributed by atoms with Gasteiger partial charge in [0.25, 0.3) is 5.69 Å². The van der Waals surface area contributed by atoms with Gasteiger partial charge in [0.1, 0.15) is 11.5 Å². The standard InChI is InChI=1S/C18H14N4O4/c23-18(20-13-6-2-1-3-7-13)21-19-12-14-10-11-17(26-14)15-8-4-5-9-16(15)22(24)25/h1-12H,(H2,20,21,23). The lowest BCUT2D eigenvalue weighted by molar-refractivity contribution is -0.384. The van der Waals surface area contributed by atoms with E-state index in [4.69, 9.17) is 4.42 Å². The number of nitro benzene ring substituents is 1. The van der Waals surface area contributed by atoms with Gasteiger partial charge >= 0.3 is 6.03 Å². The van der Waals surface area contributed by atoms with Crippen LogP contribution >= 0.6 is 0 Å². The van der Waals surface area contributed by atoms with Gasteiger partial charge in [-0.3, -0.25) is 10.1 Å². The predicted octanol–water partition coefficient (Wildman–Crippen LogP) is 4.01. The van der Waals surface area contributed by atoms with Gasteiger partial charge < -0.3 is 9.73 Å². The Morgan fingerprint density at radius 1 is 1.04 bits per heavy atom. The molecule has 0 saturated carbocycles. The summed E-state index contributed by atoms with van der Waals surface area (Å²) in [5.41, 5.74) is 3.26. The third-order valence-electron chi connectivity index (χ3n) is 3.38. The molecule has 1 aromatic heterocycles. The van der Waals surface area contributed by atoms with Crippen LogP contribution in [0.3, 0.4) is 0 Å². The molecule has 0 aliphatic carbocycles. The van der Waals surface area contributed by atoms with Gasteiger partial charge in [-0.2, -0.15) is 5.10 Å². The van der Waals surface area contributed by atoms with Gasteiger partial charge in [0.15, 0.2) is 0 Å². The molecule has 2 aromatic carbocycles. The molecule has 0 aliphatic heterocycles. The second kappa shape index (κ2) is 7.75. The van der Waals surface area contributed by atoms with Crippen molar-refractivity contribution in [2.75, 3.05) is 5.32 Å². The van der Waals surface area contributed by atoms with Crippen LogP contribution in [0.4, 0.5) is 16.2 Å². The van der Waals surface area contributed by atoms with Crippen molar-refractivity contribution in [1.29, 1.82) is 0 Å². The maximum absolute atomic E-state index is 11.7. The molecular weight excluding hydrogens is 336 g/mol. The summed E-state index contributed by atoms with van der Waals surface area (Å²) in [5.74, 6) is 0.686. The number of hydrazone groups is 1. The van der Waals surface area contributed by atoms with Crippen molar-refractivity contribution >= 4 is 23.6 Å². The number of anilines is 1. The van der Waals surface area contributed by atoms with Crippen molar-refractivity contribution in [2.45, 2.75) is 0 Å². The molecule has 3 rings (SSSR count). The molecule has 8 heteroatoms. The van der Waals surface area contributed by atoms with E-state index in [0.717, 1.165) is 0 Å². The van der Waals surface area contributed by atoms with E-state index in [0.29, 0.717) is 22.8 Å². The Balaban J connectivity index is 1.64. The largest absolute Gasteiger partial charge is 0.455 e. The van der Waals surface area contributed by atoms with E-state index in [1.807, 2.05) is 6.07 Å². The molecule has 26 heavy (non-hydrogen) atoms. The highest BCUT2D eigenvalue weighted by molar-refractivity contribution is 5.90. The number of nitrogens with zero attached hydrogens (tertiary/aromatic N) is 2. The third kappa shape index (κ3) is 4.12. The molecule has 130 valence electrons. The number of benzene rings is 2. The van der Waals surface area contributed by atoms with E-state index >= 15 is 0 Å². The van der Waals surface area contributed by atoms with Crippen molar-refractivity contribution in [2.24, 2.45) is 5.10 Å². The van der Waals surface area contributed by atoms with Crippen molar-refractivity contribution in [3.05, 3.63) is 82.6 Å². The second-order valence-corrected chi connectivity index (χ2v) is 5.17. The van der Waals surface area contributed by atoms with Crippen LogP contribution in [0.1, 0.15) is 5.76 Å². The fourth-order valence-corrected chi connectivity index (χ4v) is 2.24. The van der Waals surface area contributed by atoms with Gasteiger partial charge in [0.2, 0.25) is 0 Å². The first kappa shape index (κ1) is 16.9. The SMILES string of the molecule is O=C(NN=Cc1ccc(-c2ccccc2[N+](=O)[O-])o1)Nc1ccccc1. The van der Waals surface area contributed by atoms with Crippen LogP contribution in [0.5, 0.6) is 0 Å². The number of rotatable bonds is 5. The van der Waals surface area contributed by atoms with Gasteiger partial charge in [-0.25, -0.2) is 10.2 Å². The highest BCUT2D eigenvalue weighted by Gasteiger charge is 2.16. The van der Waals surface area contributed by atoms with E-state index in [-0.39, 0.29) is 5.69 Å². The van der Waals surface area contributed by atoms with Crippen molar-refractivity contribution in [1.82, 2.24) is 5.43 Å². The van der Waals surface area contributed by atoms with E-state index in [1.165, 1.54) is 12.3 Å². The summed E-state index contributed by atoms with van der Waals surface area (Å²) in [6, 6.07) is 17.9. The van der Waals surface area contributed by atoms with Crippen molar-refractivity contribution in [3.8, 4) is 11.3 Å². The molecule has 0 atom stereocenters. The Morgan fingerprint density at radius 3 is 2.54 bits per heavy atom. The maximum atomic E-state index is 11.7. The zero-order valence-electron chi connectivity index (χ0n) is 13.5. The first-order chi connectivity index (χ1) is 12.6. The zero-order valence-corrected chi connectivity index (χ0v) is 13.5. The minimum absolute atomic E-state index is 0.0503. The predicted molar refractivity (Wildman–Crippen MR) is 97.0 cm³/mol. The summed E-state index contributed by atoms with van der Waals surface area (Å²) in [5, 5.41) is 17.5. The first-order valence-corrected chi connectivity index (χ1v) is 7.62. The van der Waals surface area contributed by atoms with Crippen LogP contribution in [-0.4, -0.2) is 17.2 Å². The summed E-state index contributed by atoms with van der Waals surface area (Å²) in [6.07, 6.45) is 1.31. The van der Waals surface area contributed by atoms with E-state index in [1.54, 1.807) is 54.6 Å². The lowest BCUT2D eigenvalue weighted by Gasteiger charge is -2.02. The third-order valence-corrected chi connectivity index (χ3v) is 3.38. The normalized spacial score (nSPS) is 10.6. The number of para-hydroxylation sites is 2. The van der Waals surface area contributed by atoms with Crippen LogP contribution in [-0.2, 0) is 0 Å². The van der Waals surface area contributed by atoms with Gasteiger partial charge in [0, 0.05) is 11.8 Å². The molecule has 0 bridgehead atoms. The fourth-order valence-electron chi connectivity index (χ4n) is 2.24. The molecule has 0 spiro atoms. The summed E-state index contributed by atoms with van der Waals surface area (Å²) in [4.78, 5) is 22.3. The van der Waals surface area contributed by atoms with E-state index in [9.17, 15) is 14.9 Å². The van der Waals surface area contributed by atoms with Gasteiger partial charge in [-0.15, -0.1) is 0 Å². The average Bonchev–Trinajstić information content (AvgIpc) is 3.11. The molecule has 3 aromatic rings. The van der Waals surface area contributed by atoms with Crippen LogP contribution in [0.25, 0.3) is 11.3 Å². The Bertz CT molecular complexity index is 951. The van der Waals surface area contributed by atoms with Gasteiger partial charge in [-0.05, 0) is 30.3 Å². The number of nitro groups is 1. The quantitative estimate of drug-likeness (QED) is 0.411. The Kier molecular flexibility index (Phi) is 5.04. The Morgan fingerprint density at radius 2 is 1.77 bits per heavy atom. The molecule has 0 unspecified atom stereocenters. The molecule has 2 N–H and O–H groups in total.